The molecule has 3 rings (SSSR count). The molecule has 0 spiro atoms. The fourth-order valence-corrected chi connectivity index (χ4v) is 3.74. The molecule has 1 aromatic heterocycles. The van der Waals surface area contributed by atoms with E-state index in [9.17, 15) is 14.3 Å². The van der Waals surface area contributed by atoms with Crippen LogP contribution in [0.4, 0.5) is 15.0 Å². The lowest BCUT2D eigenvalue weighted by Gasteiger charge is -2.43. The van der Waals surface area contributed by atoms with Crippen molar-refractivity contribution in [2.24, 2.45) is 0 Å². The standard InChI is InChI=1S/C13H16ClFN4O2/c1-18(12-11(14)16-4-5-17-12)9-6-7-2-3-8(10(9)15)19(7)13(20)21/h4-5,7-10H,2-3,6H2,1H3,(H,20,21)/t7-,8+,9?,10+/m1/s1. The van der Waals surface area contributed by atoms with Crippen LogP contribution in [0.5, 0.6) is 0 Å². The number of carboxylic acid groups (broad SMARTS) is 1. The average Bonchev–Trinajstić information content (AvgIpc) is 2.80. The Morgan fingerprint density at radius 2 is 2.19 bits per heavy atom. The Bertz CT molecular complexity index is 561. The molecule has 2 aliphatic rings. The number of anilines is 1. The van der Waals surface area contributed by atoms with E-state index in [1.54, 1.807) is 11.9 Å². The Kier molecular flexibility index (Phi) is 3.61. The van der Waals surface area contributed by atoms with Gasteiger partial charge in [-0.2, -0.15) is 0 Å². The molecule has 1 aromatic rings. The fourth-order valence-electron chi connectivity index (χ4n) is 3.50. The van der Waals surface area contributed by atoms with Gasteiger partial charge in [0.1, 0.15) is 6.17 Å². The molecule has 21 heavy (non-hydrogen) atoms. The molecule has 8 heteroatoms. The van der Waals surface area contributed by atoms with Gasteiger partial charge in [-0.25, -0.2) is 19.2 Å². The SMILES string of the molecule is CN(c1nccnc1Cl)C1C[C@H]2CC[C@@H]([C@@H]1F)N2C(=O)O. The predicted molar refractivity (Wildman–Crippen MR) is 75.4 cm³/mol. The summed E-state index contributed by atoms with van der Waals surface area (Å²) in [6.45, 7) is 0. The molecule has 3 heterocycles. The molecule has 2 saturated heterocycles. The number of amides is 1. The van der Waals surface area contributed by atoms with E-state index in [1.165, 1.54) is 17.3 Å². The fraction of sp³-hybridized carbons (Fsp3) is 0.615. The number of halogens is 2. The van der Waals surface area contributed by atoms with Crippen molar-refractivity contribution in [3.63, 3.8) is 0 Å². The number of nitrogens with zero attached hydrogens (tertiary/aromatic N) is 4. The van der Waals surface area contributed by atoms with Crippen LogP contribution >= 0.6 is 11.6 Å². The summed E-state index contributed by atoms with van der Waals surface area (Å²) in [5, 5.41) is 9.45. The smallest absolute Gasteiger partial charge is 0.407 e. The van der Waals surface area contributed by atoms with Gasteiger partial charge in [-0.05, 0) is 19.3 Å². The minimum absolute atomic E-state index is 0.137. The third-order valence-electron chi connectivity index (χ3n) is 4.48. The number of hydrogen-bond acceptors (Lipinski definition) is 4. The van der Waals surface area contributed by atoms with Crippen LogP contribution in [0.15, 0.2) is 12.4 Å². The van der Waals surface area contributed by atoms with Crippen LogP contribution in [-0.4, -0.2) is 57.4 Å². The lowest BCUT2D eigenvalue weighted by Crippen LogP contribution is -2.58. The van der Waals surface area contributed by atoms with Crippen molar-refractivity contribution < 1.29 is 14.3 Å². The van der Waals surface area contributed by atoms with E-state index in [1.807, 2.05) is 0 Å². The molecule has 1 unspecified atom stereocenters. The molecule has 2 aliphatic heterocycles. The second-order valence-electron chi connectivity index (χ2n) is 5.52. The first kappa shape index (κ1) is 14.3. The lowest BCUT2D eigenvalue weighted by molar-refractivity contribution is 0.0490. The van der Waals surface area contributed by atoms with E-state index in [-0.39, 0.29) is 11.2 Å². The van der Waals surface area contributed by atoms with Crippen molar-refractivity contribution in [1.82, 2.24) is 14.9 Å². The maximum atomic E-state index is 14.8. The quantitative estimate of drug-likeness (QED) is 0.906. The van der Waals surface area contributed by atoms with Crippen molar-refractivity contribution in [3.05, 3.63) is 17.5 Å². The van der Waals surface area contributed by atoms with E-state index >= 15 is 0 Å². The van der Waals surface area contributed by atoms with Crippen molar-refractivity contribution in [1.29, 1.82) is 0 Å². The number of alkyl halides is 1. The molecule has 1 N–H and O–H groups in total. The molecule has 6 nitrogen and oxygen atoms in total. The number of fused-ring (bicyclic) bond motifs is 2. The van der Waals surface area contributed by atoms with Gasteiger partial charge in [-0.15, -0.1) is 0 Å². The predicted octanol–water partition coefficient (Wildman–Crippen LogP) is 2.19. The van der Waals surface area contributed by atoms with Crippen LogP contribution in [0.3, 0.4) is 0 Å². The maximum absolute atomic E-state index is 14.8. The Balaban J connectivity index is 1.85. The number of aromatic nitrogens is 2. The van der Waals surface area contributed by atoms with Crippen molar-refractivity contribution in [3.8, 4) is 0 Å². The molecule has 0 saturated carbocycles. The molecular formula is C13H16ClFN4O2. The second-order valence-corrected chi connectivity index (χ2v) is 5.88. The second kappa shape index (κ2) is 5.29. The summed E-state index contributed by atoms with van der Waals surface area (Å²) in [5.74, 6) is 0.426. The van der Waals surface area contributed by atoms with Gasteiger partial charge in [-0.3, -0.25) is 4.90 Å². The normalized spacial score (nSPS) is 31.3. The van der Waals surface area contributed by atoms with Gasteiger partial charge < -0.3 is 10.0 Å². The van der Waals surface area contributed by atoms with E-state index in [0.29, 0.717) is 25.1 Å². The first-order valence-corrected chi connectivity index (χ1v) is 7.23. The summed E-state index contributed by atoms with van der Waals surface area (Å²) < 4.78 is 14.8. The van der Waals surface area contributed by atoms with Gasteiger partial charge in [0.05, 0.1) is 12.1 Å². The van der Waals surface area contributed by atoms with Gasteiger partial charge in [0, 0.05) is 25.5 Å². The summed E-state index contributed by atoms with van der Waals surface area (Å²) in [6, 6.07) is -1.15. The van der Waals surface area contributed by atoms with Crippen molar-refractivity contribution in [2.75, 3.05) is 11.9 Å². The summed E-state index contributed by atoms with van der Waals surface area (Å²) in [6.07, 6.45) is 2.39. The van der Waals surface area contributed by atoms with E-state index < -0.39 is 24.3 Å². The highest BCUT2D eigenvalue weighted by atomic mass is 35.5. The zero-order valence-electron chi connectivity index (χ0n) is 11.5. The Labute approximate surface area is 126 Å². The first-order valence-electron chi connectivity index (χ1n) is 6.85. The molecule has 0 aliphatic carbocycles. The third kappa shape index (κ3) is 2.29. The molecule has 4 atom stereocenters. The molecule has 114 valence electrons. The molecule has 0 radical (unpaired) electrons. The van der Waals surface area contributed by atoms with Crippen LogP contribution in [0.2, 0.25) is 5.15 Å². The summed E-state index contributed by atoms with van der Waals surface area (Å²) in [7, 11) is 1.73. The summed E-state index contributed by atoms with van der Waals surface area (Å²) >= 11 is 6.01. The molecule has 2 fully saturated rings. The topological polar surface area (TPSA) is 69.6 Å². The Hall–Kier alpha value is -1.63. The number of piperidine rings is 1. The third-order valence-corrected chi connectivity index (χ3v) is 4.75. The highest BCUT2D eigenvalue weighted by molar-refractivity contribution is 6.31. The molecule has 1 amide bonds. The number of carbonyl (C=O) groups is 1. The molecular weight excluding hydrogens is 299 g/mol. The van der Waals surface area contributed by atoms with Crippen LogP contribution < -0.4 is 4.90 Å². The van der Waals surface area contributed by atoms with E-state index in [0.717, 1.165) is 0 Å². The number of hydrogen-bond donors (Lipinski definition) is 1. The summed E-state index contributed by atoms with van der Waals surface area (Å²) in [4.78, 5) is 22.3. The van der Waals surface area contributed by atoms with Gasteiger partial charge >= 0.3 is 6.09 Å². The van der Waals surface area contributed by atoms with Crippen LogP contribution in [0.25, 0.3) is 0 Å². The largest absolute Gasteiger partial charge is 0.465 e. The zero-order valence-corrected chi connectivity index (χ0v) is 12.2. The first-order chi connectivity index (χ1) is 10.0. The highest BCUT2D eigenvalue weighted by Crippen LogP contribution is 2.40. The Morgan fingerprint density at radius 1 is 1.48 bits per heavy atom. The van der Waals surface area contributed by atoms with Crippen LogP contribution in [-0.2, 0) is 0 Å². The van der Waals surface area contributed by atoms with E-state index in [4.69, 9.17) is 11.6 Å². The van der Waals surface area contributed by atoms with Crippen molar-refractivity contribution in [2.45, 2.75) is 43.6 Å². The van der Waals surface area contributed by atoms with E-state index in [2.05, 4.69) is 9.97 Å². The van der Waals surface area contributed by atoms with Crippen LogP contribution in [0.1, 0.15) is 19.3 Å². The van der Waals surface area contributed by atoms with Crippen molar-refractivity contribution >= 4 is 23.5 Å². The monoisotopic (exact) mass is 314 g/mol. The van der Waals surface area contributed by atoms with Crippen LogP contribution in [0, 0.1) is 0 Å². The molecule has 0 aromatic carbocycles. The highest BCUT2D eigenvalue weighted by Gasteiger charge is 2.51. The zero-order chi connectivity index (χ0) is 15.1. The number of rotatable bonds is 2. The minimum atomic E-state index is -1.26. The maximum Gasteiger partial charge on any atom is 0.407 e. The lowest BCUT2D eigenvalue weighted by atomic mass is 9.94. The average molecular weight is 315 g/mol. The van der Waals surface area contributed by atoms with Gasteiger partial charge in [0.25, 0.3) is 0 Å². The molecule has 2 bridgehead atoms. The summed E-state index contributed by atoms with van der Waals surface area (Å²) in [5.41, 5.74) is 0. The van der Waals surface area contributed by atoms with Gasteiger partial charge in [0.15, 0.2) is 11.0 Å². The minimum Gasteiger partial charge on any atom is -0.465 e. The van der Waals surface area contributed by atoms with Gasteiger partial charge in [0.2, 0.25) is 0 Å². The Morgan fingerprint density at radius 3 is 2.86 bits per heavy atom. The van der Waals surface area contributed by atoms with Gasteiger partial charge in [-0.1, -0.05) is 11.6 Å².